The van der Waals surface area contributed by atoms with E-state index < -0.39 is 15.3 Å². The number of carbonyl (C=O) groups is 1. The summed E-state index contributed by atoms with van der Waals surface area (Å²) in [4.78, 5) is 20.7. The molecule has 1 atom stereocenters. The van der Waals surface area contributed by atoms with Gasteiger partial charge in [0.25, 0.3) is 5.91 Å². The number of carbonyl (C=O) groups excluding carboxylic acids is 1. The van der Waals surface area contributed by atoms with E-state index in [1.807, 2.05) is 6.07 Å². The van der Waals surface area contributed by atoms with Gasteiger partial charge in [0.1, 0.15) is 5.82 Å². The van der Waals surface area contributed by atoms with Crippen molar-refractivity contribution in [3.05, 3.63) is 23.9 Å². The van der Waals surface area contributed by atoms with Crippen molar-refractivity contribution < 1.29 is 13.2 Å². The van der Waals surface area contributed by atoms with Crippen molar-refractivity contribution in [1.29, 1.82) is 0 Å². The molecule has 2 fully saturated rings. The minimum absolute atomic E-state index is 0.158. The van der Waals surface area contributed by atoms with Crippen LogP contribution in [0.25, 0.3) is 0 Å². The number of nitrogens with two attached hydrogens (primary N) is 1. The normalized spacial score (nSPS) is 22.4. The SMILES string of the molecule is NS(=O)(=O)C1CCCN(C(=O)c2ccc(N3CCCC3)nc2)C1. The zero-order valence-electron chi connectivity index (χ0n) is 13.0. The first-order valence-electron chi connectivity index (χ1n) is 7.97. The van der Waals surface area contributed by atoms with Crippen molar-refractivity contribution in [3.8, 4) is 0 Å². The van der Waals surface area contributed by atoms with Crippen molar-refractivity contribution >= 4 is 21.7 Å². The predicted molar refractivity (Wildman–Crippen MR) is 87.7 cm³/mol. The molecule has 0 bridgehead atoms. The van der Waals surface area contributed by atoms with E-state index in [0.29, 0.717) is 24.9 Å². The van der Waals surface area contributed by atoms with Gasteiger partial charge in [-0.1, -0.05) is 0 Å². The lowest BCUT2D eigenvalue weighted by molar-refractivity contribution is 0.0726. The second-order valence-corrected chi connectivity index (χ2v) is 8.05. The molecular formula is C15H22N4O3S. The minimum atomic E-state index is -3.61. The lowest BCUT2D eigenvalue weighted by atomic mass is 10.1. The van der Waals surface area contributed by atoms with Crippen molar-refractivity contribution in [1.82, 2.24) is 9.88 Å². The summed E-state index contributed by atoms with van der Waals surface area (Å²) in [6, 6.07) is 3.63. The number of aromatic nitrogens is 1. The first kappa shape index (κ1) is 16.2. The lowest BCUT2D eigenvalue weighted by Gasteiger charge is -2.31. The van der Waals surface area contributed by atoms with Gasteiger partial charge in [-0.05, 0) is 37.8 Å². The molecular weight excluding hydrogens is 316 g/mol. The molecule has 3 heterocycles. The van der Waals surface area contributed by atoms with Crippen LogP contribution in [0.2, 0.25) is 0 Å². The van der Waals surface area contributed by atoms with Gasteiger partial charge in [-0.15, -0.1) is 0 Å². The molecule has 23 heavy (non-hydrogen) atoms. The largest absolute Gasteiger partial charge is 0.357 e. The standard InChI is InChI=1S/C15H22N4O3S/c16-23(21,22)13-4-3-9-19(11-13)15(20)12-5-6-14(17-10-12)18-7-1-2-8-18/h5-6,10,13H,1-4,7-9,11H2,(H2,16,21,22). The summed E-state index contributed by atoms with van der Waals surface area (Å²) >= 11 is 0. The van der Waals surface area contributed by atoms with Gasteiger partial charge >= 0.3 is 0 Å². The van der Waals surface area contributed by atoms with Crippen molar-refractivity contribution in [2.45, 2.75) is 30.9 Å². The van der Waals surface area contributed by atoms with Crippen LogP contribution in [0.3, 0.4) is 0 Å². The van der Waals surface area contributed by atoms with E-state index in [2.05, 4.69) is 9.88 Å². The number of amides is 1. The summed E-state index contributed by atoms with van der Waals surface area (Å²) in [6.07, 6.45) is 5.08. The second kappa shape index (κ2) is 6.45. The van der Waals surface area contributed by atoms with Gasteiger partial charge < -0.3 is 9.80 Å². The number of primary sulfonamides is 1. The summed E-state index contributed by atoms with van der Waals surface area (Å²) in [5, 5.41) is 4.55. The third-order valence-electron chi connectivity index (χ3n) is 4.55. The van der Waals surface area contributed by atoms with Crippen molar-refractivity contribution in [2.75, 3.05) is 31.1 Å². The number of piperidine rings is 1. The van der Waals surface area contributed by atoms with E-state index in [-0.39, 0.29) is 12.5 Å². The van der Waals surface area contributed by atoms with Gasteiger partial charge in [0.15, 0.2) is 0 Å². The molecule has 2 saturated heterocycles. The number of rotatable bonds is 3. The molecule has 2 N–H and O–H groups in total. The zero-order valence-corrected chi connectivity index (χ0v) is 13.8. The molecule has 126 valence electrons. The van der Waals surface area contributed by atoms with Crippen LogP contribution in [0.15, 0.2) is 18.3 Å². The Bertz CT molecular complexity index is 668. The maximum Gasteiger partial charge on any atom is 0.255 e. The molecule has 1 amide bonds. The molecule has 0 radical (unpaired) electrons. The Kier molecular flexibility index (Phi) is 4.54. The van der Waals surface area contributed by atoms with Crippen LogP contribution in [0.5, 0.6) is 0 Å². The van der Waals surface area contributed by atoms with Crippen LogP contribution < -0.4 is 10.0 Å². The third kappa shape index (κ3) is 3.64. The summed E-state index contributed by atoms with van der Waals surface area (Å²) in [7, 11) is -3.61. The predicted octanol–water partition coefficient (Wildman–Crippen LogP) is 0.575. The maximum atomic E-state index is 12.5. The highest BCUT2D eigenvalue weighted by Gasteiger charge is 2.31. The highest BCUT2D eigenvalue weighted by molar-refractivity contribution is 7.89. The molecule has 1 unspecified atom stereocenters. The van der Waals surface area contributed by atoms with Gasteiger partial charge in [0, 0.05) is 32.4 Å². The van der Waals surface area contributed by atoms with E-state index >= 15 is 0 Å². The van der Waals surface area contributed by atoms with Crippen LogP contribution in [0, 0.1) is 0 Å². The van der Waals surface area contributed by atoms with E-state index in [9.17, 15) is 13.2 Å². The molecule has 1 aromatic heterocycles. The fraction of sp³-hybridized carbons (Fsp3) is 0.600. The molecule has 0 aliphatic carbocycles. The number of pyridine rings is 1. The van der Waals surface area contributed by atoms with Crippen molar-refractivity contribution in [2.24, 2.45) is 5.14 Å². The number of likely N-dealkylation sites (tertiary alicyclic amines) is 1. The summed E-state index contributed by atoms with van der Waals surface area (Å²) in [6.45, 7) is 2.72. The van der Waals surface area contributed by atoms with Crippen LogP contribution in [0.1, 0.15) is 36.0 Å². The summed E-state index contributed by atoms with van der Waals surface area (Å²) in [5.74, 6) is 0.707. The maximum absolute atomic E-state index is 12.5. The molecule has 2 aliphatic heterocycles. The fourth-order valence-electron chi connectivity index (χ4n) is 3.22. The average Bonchev–Trinajstić information content (AvgIpc) is 3.08. The van der Waals surface area contributed by atoms with E-state index in [0.717, 1.165) is 18.9 Å². The summed E-state index contributed by atoms with van der Waals surface area (Å²) < 4.78 is 23.0. The second-order valence-electron chi connectivity index (χ2n) is 6.20. The monoisotopic (exact) mass is 338 g/mol. The molecule has 3 rings (SSSR count). The Balaban J connectivity index is 1.69. The summed E-state index contributed by atoms with van der Waals surface area (Å²) in [5.41, 5.74) is 0.489. The van der Waals surface area contributed by atoms with Crippen LogP contribution in [-0.4, -0.2) is 55.6 Å². The number of anilines is 1. The first-order valence-corrected chi connectivity index (χ1v) is 9.58. The van der Waals surface area contributed by atoms with Crippen molar-refractivity contribution in [3.63, 3.8) is 0 Å². The lowest BCUT2D eigenvalue weighted by Crippen LogP contribution is -2.47. The fourth-order valence-corrected chi connectivity index (χ4v) is 4.10. The molecule has 8 heteroatoms. The van der Waals surface area contributed by atoms with Crippen LogP contribution in [-0.2, 0) is 10.0 Å². The molecule has 0 spiro atoms. The number of hydrogen-bond acceptors (Lipinski definition) is 5. The average molecular weight is 338 g/mol. The molecule has 0 saturated carbocycles. The van der Waals surface area contributed by atoms with Gasteiger partial charge in [-0.2, -0.15) is 0 Å². The Hall–Kier alpha value is -1.67. The van der Waals surface area contributed by atoms with Gasteiger partial charge in [0.2, 0.25) is 10.0 Å². The van der Waals surface area contributed by atoms with E-state index in [1.54, 1.807) is 17.2 Å². The van der Waals surface area contributed by atoms with Crippen LogP contribution in [0.4, 0.5) is 5.82 Å². The van der Waals surface area contributed by atoms with Gasteiger partial charge in [-0.25, -0.2) is 18.5 Å². The molecule has 2 aliphatic rings. The minimum Gasteiger partial charge on any atom is -0.357 e. The van der Waals surface area contributed by atoms with E-state index in [1.165, 1.54) is 12.8 Å². The Morgan fingerprint density at radius 2 is 1.91 bits per heavy atom. The quantitative estimate of drug-likeness (QED) is 0.869. The smallest absolute Gasteiger partial charge is 0.255 e. The molecule has 1 aromatic rings. The van der Waals surface area contributed by atoms with Crippen LogP contribution >= 0.6 is 0 Å². The number of nitrogens with zero attached hydrogens (tertiary/aromatic N) is 3. The highest BCUT2D eigenvalue weighted by atomic mass is 32.2. The first-order chi connectivity index (χ1) is 10.9. The molecule has 0 aromatic carbocycles. The van der Waals surface area contributed by atoms with Gasteiger partial charge in [-0.3, -0.25) is 4.79 Å². The third-order valence-corrected chi connectivity index (χ3v) is 5.87. The topological polar surface area (TPSA) is 96.6 Å². The Morgan fingerprint density at radius 1 is 1.17 bits per heavy atom. The highest BCUT2D eigenvalue weighted by Crippen LogP contribution is 2.20. The Morgan fingerprint density at radius 3 is 2.52 bits per heavy atom. The number of sulfonamides is 1. The Labute approximate surface area is 136 Å². The zero-order chi connectivity index (χ0) is 16.4. The van der Waals surface area contributed by atoms with E-state index in [4.69, 9.17) is 5.14 Å². The van der Waals surface area contributed by atoms with Gasteiger partial charge in [0.05, 0.1) is 10.8 Å². The molecule has 7 nitrogen and oxygen atoms in total. The number of hydrogen-bond donors (Lipinski definition) is 1.